The van der Waals surface area contributed by atoms with E-state index in [-0.39, 0.29) is 22.5 Å². The van der Waals surface area contributed by atoms with Crippen LogP contribution in [0.5, 0.6) is 0 Å². The van der Waals surface area contributed by atoms with Crippen molar-refractivity contribution in [2.45, 2.75) is 32.9 Å². The lowest BCUT2D eigenvalue weighted by Gasteiger charge is -2.19. The van der Waals surface area contributed by atoms with E-state index in [1.54, 1.807) is 48.7 Å². The van der Waals surface area contributed by atoms with Crippen molar-refractivity contribution in [3.05, 3.63) is 83.2 Å². The molecule has 5 aromatic rings. The van der Waals surface area contributed by atoms with Gasteiger partial charge in [-0.3, -0.25) is 0 Å². The summed E-state index contributed by atoms with van der Waals surface area (Å²) >= 11 is 0. The van der Waals surface area contributed by atoms with Crippen molar-refractivity contribution >= 4 is 22.1 Å². The first-order valence-electron chi connectivity index (χ1n) is 14.5. The van der Waals surface area contributed by atoms with Crippen molar-refractivity contribution < 1.29 is 21.3 Å². The Morgan fingerprint density at radius 1 is 1.00 bits per heavy atom. The predicted octanol–water partition coefficient (Wildman–Crippen LogP) is 6.40. The molecule has 3 nitrogen and oxygen atoms in total. The van der Waals surface area contributed by atoms with E-state index in [0.717, 1.165) is 5.56 Å². The number of nitrogens with zero attached hydrogens (tertiary/aromatic N) is 2. The molecule has 0 atom stereocenters. The Labute approximate surface area is 194 Å². The lowest BCUT2D eigenvalue weighted by Crippen LogP contribution is -2.30. The van der Waals surface area contributed by atoms with E-state index in [1.807, 2.05) is 30.7 Å². The number of aromatic nitrogens is 2. The van der Waals surface area contributed by atoms with Gasteiger partial charge in [0.15, 0.2) is 11.8 Å². The van der Waals surface area contributed by atoms with E-state index in [0.29, 0.717) is 38.7 Å². The van der Waals surface area contributed by atoms with Crippen LogP contribution in [0.2, 0.25) is 0 Å². The molecule has 0 amide bonds. The summed E-state index contributed by atoms with van der Waals surface area (Å²) in [5, 5.41) is 1.30. The highest BCUT2D eigenvalue weighted by Gasteiger charge is 2.37. The minimum atomic E-state index is -2.93. The number of hydrogen-bond donors (Lipinski definition) is 0. The second kappa shape index (κ2) is 6.04. The highest BCUT2D eigenvalue weighted by molar-refractivity contribution is 6.10. The molecule has 31 heavy (non-hydrogen) atoms. The fraction of sp³-hybridized carbons (Fsp3) is 0.214. The zero-order chi connectivity index (χ0) is 29.0. The van der Waals surface area contributed by atoms with Crippen LogP contribution in [0.1, 0.15) is 48.4 Å². The van der Waals surface area contributed by atoms with Crippen molar-refractivity contribution in [2.75, 3.05) is 0 Å². The van der Waals surface area contributed by atoms with Crippen LogP contribution in [0.3, 0.4) is 0 Å². The average molecular weight is 415 g/mol. The Hall–Kier alpha value is -3.46. The molecule has 0 radical (unpaired) electrons. The van der Waals surface area contributed by atoms with E-state index in [9.17, 15) is 0 Å². The molecule has 0 spiro atoms. The molecule has 1 aliphatic rings. The van der Waals surface area contributed by atoms with Crippen LogP contribution in [0, 0.1) is 13.8 Å². The second-order valence-electron chi connectivity index (χ2n) is 8.18. The van der Waals surface area contributed by atoms with Gasteiger partial charge in [-0.05, 0) is 42.1 Å². The third kappa shape index (κ3) is 2.40. The maximum absolute atomic E-state index is 8.43. The maximum Gasteiger partial charge on any atom is 0.227 e. The third-order valence-electron chi connectivity index (χ3n) is 6.22. The Morgan fingerprint density at radius 3 is 2.71 bits per heavy atom. The number of pyridine rings is 2. The molecule has 2 aromatic carbocycles. The summed E-state index contributed by atoms with van der Waals surface area (Å²) in [7, 11) is 1.81. The van der Waals surface area contributed by atoms with Crippen LogP contribution in [0.25, 0.3) is 44.5 Å². The quantitative estimate of drug-likeness (QED) is 0.297. The molecule has 3 aromatic heterocycles. The Balaban J connectivity index is 1.72. The number of furan rings is 1. The average Bonchev–Trinajstić information content (AvgIpc) is 3.35. The van der Waals surface area contributed by atoms with E-state index >= 15 is 0 Å². The Morgan fingerprint density at radius 2 is 1.87 bits per heavy atom. The fourth-order valence-corrected chi connectivity index (χ4v) is 4.66. The number of rotatable bonds is 1. The first-order valence-corrected chi connectivity index (χ1v) is 10.0. The molecular formula is C28H25N2O+. The molecule has 152 valence electrons. The predicted molar refractivity (Wildman–Crippen MR) is 125 cm³/mol. The van der Waals surface area contributed by atoms with Gasteiger partial charge in [0.05, 0.1) is 11.3 Å². The summed E-state index contributed by atoms with van der Waals surface area (Å²) in [6.45, 7) is -6.28. The number of hydrogen-bond acceptors (Lipinski definition) is 2. The van der Waals surface area contributed by atoms with Gasteiger partial charge < -0.3 is 4.42 Å². The summed E-state index contributed by atoms with van der Waals surface area (Å²) < 4.78 is 82.3. The normalized spacial score (nSPS) is 19.7. The summed E-state index contributed by atoms with van der Waals surface area (Å²) in [6.07, 6.45) is 1.68. The molecule has 1 aliphatic carbocycles. The number of aryl methyl sites for hydroxylation is 3. The minimum absolute atomic E-state index is 0.0616. The molecular weight excluding hydrogens is 380 g/mol. The first kappa shape index (κ1) is 11.2. The maximum atomic E-state index is 8.43. The van der Waals surface area contributed by atoms with Gasteiger partial charge in [-0.2, -0.15) is 0 Å². The van der Waals surface area contributed by atoms with Gasteiger partial charge in [0.1, 0.15) is 7.05 Å². The van der Waals surface area contributed by atoms with Gasteiger partial charge in [0.25, 0.3) is 0 Å². The van der Waals surface area contributed by atoms with Gasteiger partial charge in [-0.15, -0.1) is 0 Å². The summed E-state index contributed by atoms with van der Waals surface area (Å²) in [4.78, 5) is 4.65. The van der Waals surface area contributed by atoms with Gasteiger partial charge >= 0.3 is 0 Å². The van der Waals surface area contributed by atoms with Crippen molar-refractivity contribution in [3.8, 4) is 22.4 Å². The topological polar surface area (TPSA) is 29.9 Å². The molecule has 3 heterocycles. The van der Waals surface area contributed by atoms with Crippen LogP contribution in [0.15, 0.2) is 65.2 Å². The van der Waals surface area contributed by atoms with E-state index in [2.05, 4.69) is 4.98 Å². The van der Waals surface area contributed by atoms with Crippen molar-refractivity contribution in [1.29, 1.82) is 0 Å². The van der Waals surface area contributed by atoms with Crippen molar-refractivity contribution in [2.24, 2.45) is 7.05 Å². The molecule has 0 N–H and O–H groups in total. The standard InChI is InChI=1S/C28H25N2O/c1-16-12-13-30(5)23(14-16)24-17(2)10-11-19-21-15-20-18-8-6-7-9-22(18)28(3,4)26(20)29-27(21)31-25(19)24/h6-15H,1-5H3/q+1/i1D3,3D3,4D3. The van der Waals surface area contributed by atoms with Gasteiger partial charge in [0.2, 0.25) is 11.4 Å². The van der Waals surface area contributed by atoms with Gasteiger partial charge in [-0.1, -0.05) is 50.1 Å². The monoisotopic (exact) mass is 414 g/mol. The van der Waals surface area contributed by atoms with Crippen LogP contribution in [-0.4, -0.2) is 4.98 Å². The zero-order valence-corrected chi connectivity index (χ0v) is 17.1. The molecule has 6 rings (SSSR count). The minimum Gasteiger partial charge on any atom is -0.437 e. The zero-order valence-electron chi connectivity index (χ0n) is 26.1. The van der Waals surface area contributed by atoms with Crippen molar-refractivity contribution in [1.82, 2.24) is 4.98 Å². The molecule has 3 heteroatoms. The molecule has 0 fully saturated rings. The second-order valence-corrected chi connectivity index (χ2v) is 8.18. The highest BCUT2D eigenvalue weighted by atomic mass is 16.3. The van der Waals surface area contributed by atoms with Crippen LogP contribution in [0.4, 0.5) is 0 Å². The van der Waals surface area contributed by atoms with Gasteiger partial charge in [-0.25, -0.2) is 9.55 Å². The van der Waals surface area contributed by atoms with Gasteiger partial charge in [0, 0.05) is 46.2 Å². The molecule has 0 aliphatic heterocycles. The lowest BCUT2D eigenvalue weighted by atomic mass is 9.85. The van der Waals surface area contributed by atoms with Crippen LogP contribution >= 0.6 is 0 Å². The fourth-order valence-electron chi connectivity index (χ4n) is 4.66. The SMILES string of the molecule is [2H]C([2H])([2H])c1cc[n+](C)c(-c2c(C)ccc3c2oc2nc4c(cc23)-c2ccccc2C4(C([2H])([2H])[2H])C([2H])([2H])[2H])c1. The summed E-state index contributed by atoms with van der Waals surface area (Å²) in [6, 6.07) is 15.4. The Kier molecular flexibility index (Phi) is 2.19. The largest absolute Gasteiger partial charge is 0.437 e. The highest BCUT2D eigenvalue weighted by Crippen LogP contribution is 2.49. The van der Waals surface area contributed by atoms with Crippen molar-refractivity contribution in [3.63, 3.8) is 0 Å². The third-order valence-corrected chi connectivity index (χ3v) is 6.22. The first-order chi connectivity index (χ1) is 18.6. The lowest BCUT2D eigenvalue weighted by molar-refractivity contribution is -0.660. The number of benzene rings is 2. The molecule has 0 saturated carbocycles. The van der Waals surface area contributed by atoms with E-state index < -0.39 is 26.0 Å². The van der Waals surface area contributed by atoms with Crippen LogP contribution in [-0.2, 0) is 12.5 Å². The van der Waals surface area contributed by atoms with E-state index in [4.69, 9.17) is 16.8 Å². The number of fused-ring (bicyclic) bond motifs is 6. The summed E-state index contributed by atoms with van der Waals surface area (Å²) in [5.74, 6) is 0. The van der Waals surface area contributed by atoms with Crippen LogP contribution < -0.4 is 4.57 Å². The Bertz CT molecular complexity index is 1830. The summed E-state index contributed by atoms with van der Waals surface area (Å²) in [5.41, 5.74) is 1.62. The van der Waals surface area contributed by atoms with E-state index in [1.165, 1.54) is 0 Å². The molecule has 0 bridgehead atoms. The molecule has 0 unspecified atom stereocenters. The molecule has 0 saturated heterocycles. The smallest absolute Gasteiger partial charge is 0.227 e.